The fourth-order valence-electron chi connectivity index (χ4n) is 1.97. The second-order valence-electron chi connectivity index (χ2n) is 4.24. The molecule has 4 heteroatoms. The lowest BCUT2D eigenvalue weighted by molar-refractivity contribution is -0.135. The number of hydrogen-bond donors (Lipinski definition) is 3. The molecular weight excluding hydrogens is 190 g/mol. The Kier molecular flexibility index (Phi) is 2.77. The summed E-state index contributed by atoms with van der Waals surface area (Å²) < 4.78 is 0. The van der Waals surface area contributed by atoms with E-state index >= 15 is 0 Å². The van der Waals surface area contributed by atoms with Crippen molar-refractivity contribution in [3.63, 3.8) is 0 Å². The Labute approximate surface area is 89.2 Å². The van der Waals surface area contributed by atoms with E-state index in [1.807, 2.05) is 18.5 Å². The first-order valence-corrected chi connectivity index (χ1v) is 5.37. The van der Waals surface area contributed by atoms with Gasteiger partial charge in [0.05, 0.1) is 5.41 Å². The van der Waals surface area contributed by atoms with E-state index in [0.717, 1.165) is 24.8 Å². The molecule has 1 amide bonds. The molecule has 0 saturated heterocycles. The highest BCUT2D eigenvalue weighted by molar-refractivity contribution is 5.83. The highest BCUT2D eigenvalue weighted by atomic mass is 16.2. The first-order chi connectivity index (χ1) is 7.27. The van der Waals surface area contributed by atoms with Crippen molar-refractivity contribution in [3.8, 4) is 0 Å². The van der Waals surface area contributed by atoms with Gasteiger partial charge in [0.15, 0.2) is 0 Å². The quantitative estimate of drug-likeness (QED) is 0.682. The van der Waals surface area contributed by atoms with Crippen LogP contribution >= 0.6 is 0 Å². The summed E-state index contributed by atoms with van der Waals surface area (Å²) in [6.45, 7) is 1.05. The molecule has 1 heterocycles. The van der Waals surface area contributed by atoms with Crippen LogP contribution in [0.1, 0.15) is 24.8 Å². The van der Waals surface area contributed by atoms with Gasteiger partial charge in [-0.15, -0.1) is 0 Å². The van der Waals surface area contributed by atoms with Crippen molar-refractivity contribution in [2.24, 2.45) is 11.1 Å². The summed E-state index contributed by atoms with van der Waals surface area (Å²) >= 11 is 0. The van der Waals surface area contributed by atoms with Gasteiger partial charge in [-0.05, 0) is 24.5 Å². The maximum absolute atomic E-state index is 11.9. The lowest BCUT2D eigenvalue weighted by Gasteiger charge is -2.39. The van der Waals surface area contributed by atoms with Crippen LogP contribution in [0.25, 0.3) is 0 Å². The second-order valence-corrected chi connectivity index (χ2v) is 4.24. The van der Waals surface area contributed by atoms with E-state index in [2.05, 4.69) is 10.3 Å². The van der Waals surface area contributed by atoms with Crippen LogP contribution in [0.3, 0.4) is 0 Å². The summed E-state index contributed by atoms with van der Waals surface area (Å²) in [6, 6.07) is 1.95. The average molecular weight is 207 g/mol. The minimum atomic E-state index is -0.268. The minimum Gasteiger partial charge on any atom is -0.367 e. The molecule has 1 fully saturated rings. The average Bonchev–Trinajstić information content (AvgIpc) is 2.66. The van der Waals surface area contributed by atoms with Crippen LogP contribution in [0.4, 0.5) is 0 Å². The van der Waals surface area contributed by atoms with E-state index in [9.17, 15) is 4.79 Å². The predicted molar refractivity (Wildman–Crippen MR) is 58.0 cm³/mol. The third-order valence-corrected chi connectivity index (χ3v) is 3.30. The number of aromatic nitrogens is 1. The van der Waals surface area contributed by atoms with Crippen molar-refractivity contribution in [1.29, 1.82) is 0 Å². The number of aromatic amines is 1. The SMILES string of the molecule is NCC1(C(=O)NCc2cc[nH]c2)CCC1. The smallest absolute Gasteiger partial charge is 0.227 e. The molecule has 4 nitrogen and oxygen atoms in total. The van der Waals surface area contributed by atoms with Crippen molar-refractivity contribution < 1.29 is 4.79 Å². The van der Waals surface area contributed by atoms with Crippen LogP contribution in [0.2, 0.25) is 0 Å². The van der Waals surface area contributed by atoms with E-state index in [4.69, 9.17) is 5.73 Å². The molecule has 0 atom stereocenters. The Bertz CT molecular complexity index is 322. The van der Waals surface area contributed by atoms with Gasteiger partial charge in [0.2, 0.25) is 5.91 Å². The summed E-state index contributed by atoms with van der Waals surface area (Å²) in [5.74, 6) is 0.109. The van der Waals surface area contributed by atoms with Crippen LogP contribution in [-0.2, 0) is 11.3 Å². The third kappa shape index (κ3) is 1.90. The largest absolute Gasteiger partial charge is 0.367 e. The Balaban J connectivity index is 1.87. The van der Waals surface area contributed by atoms with Crippen LogP contribution in [0.15, 0.2) is 18.5 Å². The summed E-state index contributed by atoms with van der Waals surface area (Å²) in [7, 11) is 0. The van der Waals surface area contributed by atoms with Gasteiger partial charge < -0.3 is 16.0 Å². The monoisotopic (exact) mass is 207 g/mol. The fraction of sp³-hybridized carbons (Fsp3) is 0.545. The molecule has 2 rings (SSSR count). The lowest BCUT2D eigenvalue weighted by Crippen LogP contribution is -2.50. The number of nitrogens with two attached hydrogens (primary N) is 1. The first kappa shape index (κ1) is 10.2. The normalized spacial score (nSPS) is 18.2. The van der Waals surface area contributed by atoms with Crippen LogP contribution in [-0.4, -0.2) is 17.4 Å². The highest BCUT2D eigenvalue weighted by Gasteiger charge is 2.42. The predicted octanol–water partition coefficient (Wildman–Crippen LogP) is 0.760. The molecule has 0 unspecified atom stereocenters. The van der Waals surface area contributed by atoms with E-state index in [1.165, 1.54) is 0 Å². The standard InChI is InChI=1S/C11H17N3O/c12-8-11(3-1-4-11)10(15)14-7-9-2-5-13-6-9/h2,5-6,13H,1,3-4,7-8,12H2,(H,14,15). The number of carbonyl (C=O) groups excluding carboxylic acids is 1. The molecule has 1 aromatic heterocycles. The van der Waals surface area contributed by atoms with Crippen LogP contribution in [0.5, 0.6) is 0 Å². The maximum Gasteiger partial charge on any atom is 0.227 e. The Morgan fingerprint density at radius 2 is 2.40 bits per heavy atom. The van der Waals surface area contributed by atoms with Gasteiger partial charge in [-0.3, -0.25) is 4.79 Å². The maximum atomic E-state index is 11.9. The zero-order valence-electron chi connectivity index (χ0n) is 8.75. The van der Waals surface area contributed by atoms with Gasteiger partial charge >= 0.3 is 0 Å². The van der Waals surface area contributed by atoms with Crippen molar-refractivity contribution in [1.82, 2.24) is 10.3 Å². The molecule has 1 aliphatic rings. The number of carbonyl (C=O) groups is 1. The van der Waals surface area contributed by atoms with E-state index in [-0.39, 0.29) is 11.3 Å². The summed E-state index contributed by atoms with van der Waals surface area (Å²) in [5.41, 5.74) is 6.48. The molecule has 0 bridgehead atoms. The van der Waals surface area contributed by atoms with Crippen LogP contribution < -0.4 is 11.1 Å². The molecular formula is C11H17N3O. The molecule has 1 aromatic rings. The molecule has 0 aromatic carbocycles. The van der Waals surface area contributed by atoms with E-state index in [1.54, 1.807) is 0 Å². The fourth-order valence-corrected chi connectivity index (χ4v) is 1.97. The van der Waals surface area contributed by atoms with Crippen molar-refractivity contribution in [3.05, 3.63) is 24.0 Å². The van der Waals surface area contributed by atoms with E-state index in [0.29, 0.717) is 13.1 Å². The van der Waals surface area contributed by atoms with Crippen molar-refractivity contribution >= 4 is 5.91 Å². The van der Waals surface area contributed by atoms with Gasteiger partial charge in [-0.2, -0.15) is 0 Å². The number of amides is 1. The van der Waals surface area contributed by atoms with Gasteiger partial charge in [-0.25, -0.2) is 0 Å². The number of hydrogen-bond acceptors (Lipinski definition) is 2. The molecule has 0 radical (unpaired) electrons. The minimum absolute atomic E-state index is 0.109. The Morgan fingerprint density at radius 3 is 2.87 bits per heavy atom. The molecule has 82 valence electrons. The Morgan fingerprint density at radius 1 is 1.60 bits per heavy atom. The van der Waals surface area contributed by atoms with Crippen LogP contribution in [0, 0.1) is 5.41 Å². The molecule has 4 N–H and O–H groups in total. The lowest BCUT2D eigenvalue weighted by atomic mass is 9.68. The molecule has 0 spiro atoms. The molecule has 15 heavy (non-hydrogen) atoms. The second kappa shape index (κ2) is 4.06. The zero-order chi connectivity index (χ0) is 10.7. The zero-order valence-corrected chi connectivity index (χ0v) is 8.75. The molecule has 1 aliphatic carbocycles. The van der Waals surface area contributed by atoms with Crippen molar-refractivity contribution in [2.75, 3.05) is 6.54 Å². The topological polar surface area (TPSA) is 70.9 Å². The van der Waals surface area contributed by atoms with E-state index < -0.39 is 0 Å². The van der Waals surface area contributed by atoms with Gasteiger partial charge in [-0.1, -0.05) is 6.42 Å². The summed E-state index contributed by atoms with van der Waals surface area (Å²) in [6.07, 6.45) is 6.72. The molecule has 0 aliphatic heterocycles. The third-order valence-electron chi connectivity index (χ3n) is 3.30. The summed E-state index contributed by atoms with van der Waals surface area (Å²) in [5, 5.41) is 2.94. The van der Waals surface area contributed by atoms with Gasteiger partial charge in [0.1, 0.15) is 0 Å². The number of nitrogens with one attached hydrogen (secondary N) is 2. The Hall–Kier alpha value is -1.29. The van der Waals surface area contributed by atoms with Crippen molar-refractivity contribution in [2.45, 2.75) is 25.8 Å². The molecule has 1 saturated carbocycles. The number of H-pyrrole nitrogens is 1. The highest BCUT2D eigenvalue weighted by Crippen LogP contribution is 2.39. The number of rotatable bonds is 4. The summed E-state index contributed by atoms with van der Waals surface area (Å²) in [4.78, 5) is 14.8. The first-order valence-electron chi connectivity index (χ1n) is 5.37. The van der Waals surface area contributed by atoms with Gasteiger partial charge in [0, 0.05) is 25.5 Å². The van der Waals surface area contributed by atoms with Gasteiger partial charge in [0.25, 0.3) is 0 Å².